The van der Waals surface area contributed by atoms with Crippen LogP contribution in [0.1, 0.15) is 5.56 Å². The quantitative estimate of drug-likeness (QED) is 0.769. The molecule has 0 radical (unpaired) electrons. The Bertz CT molecular complexity index is 847. The number of benzene rings is 1. The van der Waals surface area contributed by atoms with E-state index in [4.69, 9.17) is 0 Å². The third-order valence-electron chi connectivity index (χ3n) is 4.56. The Morgan fingerprint density at radius 2 is 1.54 bits per heavy atom. The van der Waals surface area contributed by atoms with E-state index in [2.05, 4.69) is 30.0 Å². The van der Waals surface area contributed by atoms with Gasteiger partial charge in [0.25, 0.3) is 0 Å². The molecule has 7 heteroatoms. The third kappa shape index (κ3) is 3.34. The van der Waals surface area contributed by atoms with Gasteiger partial charge in [0, 0.05) is 44.1 Å². The van der Waals surface area contributed by atoms with E-state index in [1.807, 2.05) is 36.4 Å². The zero-order valence-corrected chi connectivity index (χ0v) is 14.4. The minimum absolute atomic E-state index is 0.0469. The molecule has 3 aromatic rings. The van der Waals surface area contributed by atoms with Crippen molar-refractivity contribution in [3.8, 4) is 11.1 Å². The maximum absolute atomic E-state index is 9.23. The van der Waals surface area contributed by atoms with E-state index >= 15 is 0 Å². The maximum atomic E-state index is 9.23. The fraction of sp³-hybridized carbons (Fsp3) is 0.263. The smallest absolute Gasteiger partial charge is 0.225 e. The predicted molar refractivity (Wildman–Crippen MR) is 99.8 cm³/mol. The molecule has 1 aromatic carbocycles. The molecule has 132 valence electrons. The highest BCUT2D eigenvalue weighted by Gasteiger charge is 2.22. The van der Waals surface area contributed by atoms with Crippen molar-refractivity contribution in [3.63, 3.8) is 0 Å². The van der Waals surface area contributed by atoms with E-state index in [0.717, 1.165) is 54.6 Å². The Morgan fingerprint density at radius 1 is 0.846 bits per heavy atom. The lowest BCUT2D eigenvalue weighted by Crippen LogP contribution is -2.47. The van der Waals surface area contributed by atoms with Gasteiger partial charge in [-0.25, -0.2) is 9.97 Å². The maximum Gasteiger partial charge on any atom is 0.225 e. The van der Waals surface area contributed by atoms with Crippen molar-refractivity contribution >= 4 is 11.8 Å². The SMILES string of the molecule is OCc1ccc(-c2ccnnc2N2CCN(c3ncccn3)CC2)cc1. The van der Waals surface area contributed by atoms with Crippen LogP contribution in [0.3, 0.4) is 0 Å². The molecule has 4 rings (SSSR count). The second kappa shape index (κ2) is 7.45. The lowest BCUT2D eigenvalue weighted by atomic mass is 10.0. The zero-order valence-electron chi connectivity index (χ0n) is 14.4. The van der Waals surface area contributed by atoms with Crippen LogP contribution in [0, 0.1) is 0 Å². The molecule has 0 spiro atoms. The number of aliphatic hydroxyl groups excluding tert-OH is 1. The Balaban J connectivity index is 1.54. The number of anilines is 2. The van der Waals surface area contributed by atoms with Crippen molar-refractivity contribution in [2.45, 2.75) is 6.61 Å². The van der Waals surface area contributed by atoms with Gasteiger partial charge in [-0.1, -0.05) is 24.3 Å². The second-order valence-corrected chi connectivity index (χ2v) is 6.15. The number of piperazine rings is 1. The molecule has 0 amide bonds. The molecular weight excluding hydrogens is 328 g/mol. The summed E-state index contributed by atoms with van der Waals surface area (Å²) >= 11 is 0. The number of aromatic nitrogens is 4. The Labute approximate surface area is 152 Å². The first kappa shape index (κ1) is 16.4. The van der Waals surface area contributed by atoms with Crippen molar-refractivity contribution < 1.29 is 5.11 Å². The summed E-state index contributed by atoms with van der Waals surface area (Å²) in [6.07, 6.45) is 5.25. The number of nitrogens with zero attached hydrogens (tertiary/aromatic N) is 6. The Kier molecular flexibility index (Phi) is 4.70. The van der Waals surface area contributed by atoms with Crippen LogP contribution in [0.4, 0.5) is 11.8 Å². The minimum atomic E-state index is 0.0469. The molecule has 0 bridgehead atoms. The molecule has 1 N–H and O–H groups in total. The lowest BCUT2D eigenvalue weighted by Gasteiger charge is -2.35. The molecule has 0 saturated carbocycles. The summed E-state index contributed by atoms with van der Waals surface area (Å²) in [5.74, 6) is 1.66. The fourth-order valence-electron chi connectivity index (χ4n) is 3.15. The summed E-state index contributed by atoms with van der Waals surface area (Å²) in [6, 6.07) is 11.7. The first-order valence-electron chi connectivity index (χ1n) is 8.64. The van der Waals surface area contributed by atoms with Crippen molar-refractivity contribution in [3.05, 3.63) is 60.6 Å². The normalized spacial score (nSPS) is 14.5. The number of rotatable bonds is 4. The average Bonchev–Trinajstić information content (AvgIpc) is 2.75. The summed E-state index contributed by atoms with van der Waals surface area (Å²) in [5.41, 5.74) is 3.02. The van der Waals surface area contributed by atoms with Crippen molar-refractivity contribution in [1.29, 1.82) is 0 Å². The van der Waals surface area contributed by atoms with E-state index in [1.54, 1.807) is 18.6 Å². The van der Waals surface area contributed by atoms with E-state index in [9.17, 15) is 5.11 Å². The number of hydrogen-bond donors (Lipinski definition) is 1. The van der Waals surface area contributed by atoms with Crippen molar-refractivity contribution in [1.82, 2.24) is 20.2 Å². The first-order valence-corrected chi connectivity index (χ1v) is 8.64. The summed E-state index contributed by atoms with van der Waals surface area (Å²) in [4.78, 5) is 13.1. The van der Waals surface area contributed by atoms with E-state index in [1.165, 1.54) is 0 Å². The van der Waals surface area contributed by atoms with Crippen LogP contribution in [-0.4, -0.2) is 51.5 Å². The Morgan fingerprint density at radius 3 is 2.23 bits per heavy atom. The Hall–Kier alpha value is -3.06. The van der Waals surface area contributed by atoms with Crippen LogP contribution in [0.2, 0.25) is 0 Å². The third-order valence-corrected chi connectivity index (χ3v) is 4.56. The molecule has 1 aliphatic heterocycles. The van der Waals surface area contributed by atoms with Gasteiger partial charge < -0.3 is 14.9 Å². The fourth-order valence-corrected chi connectivity index (χ4v) is 3.15. The largest absolute Gasteiger partial charge is 0.392 e. The molecule has 26 heavy (non-hydrogen) atoms. The summed E-state index contributed by atoms with van der Waals surface area (Å²) in [6.45, 7) is 3.38. The first-order chi connectivity index (χ1) is 12.8. The van der Waals surface area contributed by atoms with Gasteiger partial charge in [-0.2, -0.15) is 5.10 Å². The second-order valence-electron chi connectivity index (χ2n) is 6.15. The molecule has 7 nitrogen and oxygen atoms in total. The van der Waals surface area contributed by atoms with E-state index in [-0.39, 0.29) is 6.61 Å². The van der Waals surface area contributed by atoms with E-state index < -0.39 is 0 Å². The minimum Gasteiger partial charge on any atom is -0.392 e. The van der Waals surface area contributed by atoms with E-state index in [0.29, 0.717) is 0 Å². The lowest BCUT2D eigenvalue weighted by molar-refractivity contribution is 0.282. The topological polar surface area (TPSA) is 78.3 Å². The van der Waals surface area contributed by atoms with Crippen LogP contribution in [-0.2, 0) is 6.61 Å². The molecule has 1 saturated heterocycles. The van der Waals surface area contributed by atoms with Gasteiger partial charge >= 0.3 is 0 Å². The van der Waals surface area contributed by atoms with Crippen LogP contribution >= 0.6 is 0 Å². The van der Waals surface area contributed by atoms with Crippen LogP contribution in [0.25, 0.3) is 11.1 Å². The van der Waals surface area contributed by atoms with Crippen molar-refractivity contribution in [2.24, 2.45) is 0 Å². The number of hydrogen-bond acceptors (Lipinski definition) is 7. The highest BCUT2D eigenvalue weighted by atomic mass is 16.3. The van der Waals surface area contributed by atoms with Crippen molar-refractivity contribution in [2.75, 3.05) is 36.0 Å². The predicted octanol–water partition coefficient (Wildman–Crippen LogP) is 1.75. The molecule has 2 aromatic heterocycles. The van der Waals surface area contributed by atoms with Gasteiger partial charge in [0.15, 0.2) is 5.82 Å². The molecule has 1 aliphatic rings. The summed E-state index contributed by atoms with van der Waals surface area (Å²) in [5, 5.41) is 17.7. The number of aliphatic hydroxyl groups is 1. The highest BCUT2D eigenvalue weighted by molar-refractivity contribution is 5.75. The molecule has 1 fully saturated rings. The molecule has 0 unspecified atom stereocenters. The summed E-state index contributed by atoms with van der Waals surface area (Å²) in [7, 11) is 0. The van der Waals surface area contributed by atoms with Gasteiger partial charge in [0.1, 0.15) is 0 Å². The molecule has 3 heterocycles. The zero-order chi connectivity index (χ0) is 17.8. The summed E-state index contributed by atoms with van der Waals surface area (Å²) < 4.78 is 0. The molecular formula is C19H20N6O. The van der Waals surface area contributed by atoms with Crippen LogP contribution in [0.5, 0.6) is 0 Å². The van der Waals surface area contributed by atoms with Gasteiger partial charge in [-0.3, -0.25) is 0 Å². The van der Waals surface area contributed by atoms with Gasteiger partial charge in [0.2, 0.25) is 5.95 Å². The average molecular weight is 348 g/mol. The monoisotopic (exact) mass is 348 g/mol. The molecule has 0 aliphatic carbocycles. The highest BCUT2D eigenvalue weighted by Crippen LogP contribution is 2.29. The molecule has 0 atom stereocenters. The van der Waals surface area contributed by atoms with Crippen LogP contribution < -0.4 is 9.80 Å². The standard InChI is InChI=1S/C19H20N6O/c26-14-15-2-4-16(5-3-15)17-6-9-22-23-18(17)24-10-12-25(13-11-24)19-20-7-1-8-21-19/h1-9,26H,10-14H2. The van der Waals surface area contributed by atoms with Crippen LogP contribution in [0.15, 0.2) is 55.0 Å². The van der Waals surface area contributed by atoms with Gasteiger partial charge in [-0.05, 0) is 23.3 Å². The van der Waals surface area contributed by atoms with Gasteiger partial charge in [-0.15, -0.1) is 5.10 Å². The van der Waals surface area contributed by atoms with Gasteiger partial charge in [0.05, 0.1) is 12.8 Å².